The van der Waals surface area contributed by atoms with Crippen LogP contribution in [0.1, 0.15) is 58.8 Å². The number of carbonyl (C=O) groups excluding carboxylic acids is 1. The van der Waals surface area contributed by atoms with Crippen LogP contribution in [-0.4, -0.2) is 28.1 Å². The molecule has 0 spiro atoms. The van der Waals surface area contributed by atoms with Gasteiger partial charge in [0.1, 0.15) is 0 Å². The number of aliphatic carboxylic acids is 1. The number of carboxylic acid groups (broad SMARTS) is 1. The fourth-order valence-electron chi connectivity index (χ4n) is 7.09. The molecule has 7 atom stereocenters. The van der Waals surface area contributed by atoms with E-state index in [1.165, 1.54) is 5.57 Å². The Morgan fingerprint density at radius 2 is 1.96 bits per heavy atom. The van der Waals surface area contributed by atoms with Crippen LogP contribution in [0.25, 0.3) is 0 Å². The number of aliphatic hydroxyl groups is 1. The molecule has 4 rings (SSSR count). The molecule has 0 saturated heterocycles. The van der Waals surface area contributed by atoms with Crippen molar-refractivity contribution in [3.63, 3.8) is 0 Å². The third-order valence-electron chi connectivity index (χ3n) is 8.19. The molecule has 4 aliphatic carbocycles. The third kappa shape index (κ3) is 2.01. The van der Waals surface area contributed by atoms with Gasteiger partial charge < -0.3 is 10.2 Å². The highest BCUT2D eigenvalue weighted by Crippen LogP contribution is 2.66. The molecule has 4 nitrogen and oxygen atoms in total. The molecule has 0 aliphatic heterocycles. The van der Waals surface area contributed by atoms with Crippen molar-refractivity contribution in [2.75, 3.05) is 0 Å². The lowest BCUT2D eigenvalue weighted by atomic mass is 9.46. The summed E-state index contributed by atoms with van der Waals surface area (Å²) in [5, 5.41) is 20.7. The number of fused-ring (bicyclic) bond motifs is 5. The topological polar surface area (TPSA) is 74.6 Å². The summed E-state index contributed by atoms with van der Waals surface area (Å²) in [5.41, 5.74) is 0.864. The Bertz CT molecular complexity index is 623. The van der Waals surface area contributed by atoms with E-state index >= 15 is 0 Å². The number of carboxylic acids is 1. The van der Waals surface area contributed by atoms with E-state index in [1.54, 1.807) is 0 Å². The van der Waals surface area contributed by atoms with E-state index < -0.39 is 12.1 Å². The number of ketones is 1. The van der Waals surface area contributed by atoms with Gasteiger partial charge in [0.25, 0.3) is 0 Å². The maximum atomic E-state index is 11.8. The Kier molecular flexibility index (Phi) is 3.51. The summed E-state index contributed by atoms with van der Waals surface area (Å²) in [5.74, 6) is 0.160. The lowest BCUT2D eigenvalue weighted by Gasteiger charge is -2.59. The quantitative estimate of drug-likeness (QED) is 0.773. The van der Waals surface area contributed by atoms with Gasteiger partial charge in [0.05, 0.1) is 12.0 Å². The molecule has 3 fully saturated rings. The average molecular weight is 332 g/mol. The highest BCUT2D eigenvalue weighted by molar-refractivity contribution is 5.91. The van der Waals surface area contributed by atoms with Crippen LogP contribution in [0.5, 0.6) is 0 Å². The molecule has 0 heterocycles. The first-order valence-corrected chi connectivity index (χ1v) is 9.42. The maximum absolute atomic E-state index is 11.8. The minimum absolute atomic E-state index is 0.0844. The van der Waals surface area contributed by atoms with E-state index in [0.717, 1.165) is 32.1 Å². The standard InChI is InChI=1S/C20H28O4/c1-19-8-7-12(21)9-11(19)3-4-13-14-5-6-15(18(23)24)20(14,2)10-16(22)17(13)19/h9,13-17,22H,3-8,10H2,1-2H3,(H,23,24)/t13-,14?,15+,16-,17+,19-,20-/m0/s1. The van der Waals surface area contributed by atoms with Crippen LogP contribution in [-0.2, 0) is 9.59 Å². The van der Waals surface area contributed by atoms with Gasteiger partial charge in [0.2, 0.25) is 0 Å². The Balaban J connectivity index is 1.72. The molecule has 0 aromatic rings. The van der Waals surface area contributed by atoms with Crippen molar-refractivity contribution < 1.29 is 19.8 Å². The summed E-state index contributed by atoms with van der Waals surface area (Å²) in [6.45, 7) is 4.33. The van der Waals surface area contributed by atoms with E-state index in [1.807, 2.05) is 6.08 Å². The molecule has 2 N–H and O–H groups in total. The molecule has 24 heavy (non-hydrogen) atoms. The third-order valence-corrected chi connectivity index (χ3v) is 8.19. The Morgan fingerprint density at radius 3 is 2.67 bits per heavy atom. The zero-order chi connectivity index (χ0) is 17.3. The molecule has 0 aromatic carbocycles. The molecular weight excluding hydrogens is 304 g/mol. The predicted molar refractivity (Wildman–Crippen MR) is 89.2 cm³/mol. The van der Waals surface area contributed by atoms with Crippen molar-refractivity contribution in [1.29, 1.82) is 0 Å². The number of allylic oxidation sites excluding steroid dienone is 1. The number of hydrogen-bond acceptors (Lipinski definition) is 3. The number of aliphatic hydroxyl groups excluding tert-OH is 1. The number of hydrogen-bond donors (Lipinski definition) is 2. The smallest absolute Gasteiger partial charge is 0.307 e. The monoisotopic (exact) mass is 332 g/mol. The van der Waals surface area contributed by atoms with Crippen LogP contribution in [0.3, 0.4) is 0 Å². The maximum Gasteiger partial charge on any atom is 0.307 e. The van der Waals surface area contributed by atoms with Gasteiger partial charge in [-0.15, -0.1) is 0 Å². The van der Waals surface area contributed by atoms with Gasteiger partial charge in [-0.25, -0.2) is 0 Å². The lowest BCUT2D eigenvalue weighted by molar-refractivity contribution is -0.158. The van der Waals surface area contributed by atoms with Crippen molar-refractivity contribution in [3.05, 3.63) is 11.6 Å². The zero-order valence-electron chi connectivity index (χ0n) is 14.6. The summed E-state index contributed by atoms with van der Waals surface area (Å²) in [6, 6.07) is 0. The van der Waals surface area contributed by atoms with E-state index in [0.29, 0.717) is 24.7 Å². The lowest BCUT2D eigenvalue weighted by Crippen LogP contribution is -2.57. The van der Waals surface area contributed by atoms with Gasteiger partial charge in [0, 0.05) is 6.42 Å². The van der Waals surface area contributed by atoms with E-state index in [4.69, 9.17) is 0 Å². The zero-order valence-corrected chi connectivity index (χ0v) is 14.6. The summed E-state index contributed by atoms with van der Waals surface area (Å²) < 4.78 is 0. The molecule has 1 unspecified atom stereocenters. The normalized spacial score (nSPS) is 50.5. The molecule has 0 bridgehead atoms. The Labute approximate surface area is 143 Å². The number of carbonyl (C=O) groups is 2. The second-order valence-electron chi connectivity index (χ2n) is 9.13. The van der Waals surface area contributed by atoms with Crippen molar-refractivity contribution in [1.82, 2.24) is 0 Å². The van der Waals surface area contributed by atoms with Crippen molar-refractivity contribution >= 4 is 11.8 Å². The molecule has 0 radical (unpaired) electrons. The Hall–Kier alpha value is -1.16. The highest BCUT2D eigenvalue weighted by atomic mass is 16.4. The minimum atomic E-state index is -0.698. The van der Waals surface area contributed by atoms with Crippen LogP contribution < -0.4 is 0 Å². The predicted octanol–water partition coefficient (Wildman–Crippen LogP) is 3.19. The van der Waals surface area contributed by atoms with Crippen molar-refractivity contribution in [2.24, 2.45) is 34.5 Å². The Morgan fingerprint density at radius 1 is 1.21 bits per heavy atom. The molecular formula is C20H28O4. The van der Waals surface area contributed by atoms with Crippen LogP contribution in [0, 0.1) is 34.5 Å². The van der Waals surface area contributed by atoms with Crippen molar-refractivity contribution in [2.45, 2.75) is 64.9 Å². The van der Waals surface area contributed by atoms with Crippen molar-refractivity contribution in [3.8, 4) is 0 Å². The van der Waals surface area contributed by atoms with Crippen LogP contribution in [0.4, 0.5) is 0 Å². The second-order valence-corrected chi connectivity index (χ2v) is 9.13. The highest BCUT2D eigenvalue weighted by Gasteiger charge is 2.63. The average Bonchev–Trinajstić information content (AvgIpc) is 2.84. The van der Waals surface area contributed by atoms with Crippen LogP contribution in [0.2, 0.25) is 0 Å². The molecule has 132 valence electrons. The summed E-state index contributed by atoms with van der Waals surface area (Å²) in [4.78, 5) is 23.6. The van der Waals surface area contributed by atoms with Gasteiger partial charge in [-0.2, -0.15) is 0 Å². The molecule has 0 amide bonds. The largest absolute Gasteiger partial charge is 0.481 e. The van der Waals surface area contributed by atoms with E-state index in [-0.39, 0.29) is 28.4 Å². The first kappa shape index (κ1) is 16.3. The van der Waals surface area contributed by atoms with Gasteiger partial charge in [0.15, 0.2) is 5.78 Å². The molecule has 0 aromatic heterocycles. The number of rotatable bonds is 1. The van der Waals surface area contributed by atoms with Gasteiger partial charge in [-0.3, -0.25) is 9.59 Å². The fraction of sp³-hybridized carbons (Fsp3) is 0.800. The molecule has 3 saturated carbocycles. The van der Waals surface area contributed by atoms with E-state index in [9.17, 15) is 19.8 Å². The van der Waals surface area contributed by atoms with E-state index in [2.05, 4.69) is 13.8 Å². The molecule has 4 aliphatic rings. The first-order valence-electron chi connectivity index (χ1n) is 9.42. The van der Waals surface area contributed by atoms with Gasteiger partial charge in [-0.1, -0.05) is 19.4 Å². The SMILES string of the molecule is C[C@]12CCC(=O)C=C1CC[C@H]1C3CC[C@H](C(=O)O)[C@@]3(C)C[C@H](O)[C@@H]12. The van der Waals surface area contributed by atoms with Gasteiger partial charge in [-0.05, 0) is 73.2 Å². The van der Waals surface area contributed by atoms with Crippen LogP contribution >= 0.6 is 0 Å². The van der Waals surface area contributed by atoms with Crippen LogP contribution in [0.15, 0.2) is 11.6 Å². The second kappa shape index (κ2) is 5.17. The summed E-state index contributed by atoms with van der Waals surface area (Å²) >= 11 is 0. The minimum Gasteiger partial charge on any atom is -0.481 e. The van der Waals surface area contributed by atoms with Gasteiger partial charge >= 0.3 is 5.97 Å². The first-order chi connectivity index (χ1) is 11.3. The summed E-state index contributed by atoms with van der Waals surface area (Å²) in [7, 11) is 0. The molecule has 4 heteroatoms. The summed E-state index contributed by atoms with van der Waals surface area (Å²) in [6.07, 6.45) is 7.01. The fourth-order valence-corrected chi connectivity index (χ4v) is 7.09.